The maximum absolute atomic E-state index is 11.7. The van der Waals surface area contributed by atoms with E-state index in [9.17, 15) is 4.79 Å². The van der Waals surface area contributed by atoms with Crippen LogP contribution >= 0.6 is 0 Å². The molecule has 0 bridgehead atoms. The average molecular weight is 490 g/mol. The standard InChI is InChI=1S/C22H26O2.C6H12N2.Mn/c1-15-13-18(21(3,4)5)14-19(20(15)24-16(2)23)22(6,7)17-11-9-8-10-12-17;7-5-3-1-2-4-6(5)8;/h1,8-14H,2-7H3;5-8H,1-4H2;/q;-2;. The van der Waals surface area contributed by atoms with Crippen molar-refractivity contribution >= 4 is 10.9 Å². The summed E-state index contributed by atoms with van der Waals surface area (Å²) in [6.07, 6.45) is 4.25. The van der Waals surface area contributed by atoms with E-state index in [4.69, 9.17) is 16.2 Å². The molecule has 1 aliphatic carbocycles. The van der Waals surface area contributed by atoms with Gasteiger partial charge in [-0.25, -0.2) is 0 Å². The fourth-order valence-corrected chi connectivity index (χ4v) is 4.28. The number of hydrogen-bond acceptors (Lipinski definition) is 2. The van der Waals surface area contributed by atoms with Crippen LogP contribution in [0, 0.1) is 0 Å². The number of carbonyl (C=O) groups is 1. The Labute approximate surface area is 207 Å². The zero-order valence-corrected chi connectivity index (χ0v) is 22.0. The molecule has 0 radical (unpaired) electrons. The van der Waals surface area contributed by atoms with Crippen molar-refractivity contribution in [1.29, 1.82) is 0 Å². The van der Waals surface area contributed by atoms with Crippen molar-refractivity contribution in [3.8, 4) is 5.75 Å². The van der Waals surface area contributed by atoms with Gasteiger partial charge in [-0.05, 0) is 0 Å². The average Bonchev–Trinajstić information content (AvgIpc) is 2.75. The number of benzene rings is 2. The van der Waals surface area contributed by atoms with Crippen LogP contribution in [0.15, 0.2) is 42.5 Å². The van der Waals surface area contributed by atoms with E-state index in [1.165, 1.54) is 30.9 Å². The molecule has 0 spiro atoms. The van der Waals surface area contributed by atoms with E-state index >= 15 is 0 Å². The fourth-order valence-electron chi connectivity index (χ4n) is 4.03. The third-order valence-electron chi connectivity index (χ3n) is 6.28. The largest absolute Gasteiger partial charge is 0.676 e. The predicted molar refractivity (Wildman–Crippen MR) is 135 cm³/mol. The minimum atomic E-state index is -0.316. The van der Waals surface area contributed by atoms with Gasteiger partial charge in [-0.2, -0.15) is 12.1 Å². The minimum absolute atomic E-state index is 0.0129. The molecule has 5 heteroatoms. The molecule has 0 aliphatic heterocycles. The molecule has 181 valence electrons. The molecule has 3 rings (SSSR count). The van der Waals surface area contributed by atoms with E-state index in [0.29, 0.717) is 5.75 Å². The van der Waals surface area contributed by atoms with Crippen LogP contribution in [-0.2, 0) is 31.2 Å². The van der Waals surface area contributed by atoms with Crippen LogP contribution in [0.25, 0.3) is 11.5 Å². The molecule has 33 heavy (non-hydrogen) atoms. The van der Waals surface area contributed by atoms with E-state index in [0.717, 1.165) is 24.0 Å². The van der Waals surface area contributed by atoms with Gasteiger partial charge in [0, 0.05) is 0 Å². The van der Waals surface area contributed by atoms with Crippen LogP contribution in [0.1, 0.15) is 89.5 Å². The van der Waals surface area contributed by atoms with E-state index in [1.54, 1.807) is 0 Å². The monoisotopic (exact) mass is 489 g/mol. The Balaban J connectivity index is 0.000000405. The van der Waals surface area contributed by atoms with Crippen LogP contribution in [0.5, 0.6) is 5.75 Å². The van der Waals surface area contributed by atoms with Crippen molar-refractivity contribution in [3.05, 3.63) is 76.2 Å². The van der Waals surface area contributed by atoms with Crippen molar-refractivity contribution in [2.45, 2.75) is 90.1 Å². The van der Waals surface area contributed by atoms with Crippen LogP contribution in [0.3, 0.4) is 0 Å². The van der Waals surface area contributed by atoms with Gasteiger partial charge in [0.1, 0.15) is 0 Å². The summed E-state index contributed by atoms with van der Waals surface area (Å²) in [4.78, 5) is 13.6. The first-order valence-corrected chi connectivity index (χ1v) is 12.3. The zero-order valence-electron chi connectivity index (χ0n) is 20.8. The van der Waals surface area contributed by atoms with Gasteiger partial charge in [0.05, 0.1) is 0 Å². The van der Waals surface area contributed by atoms with Gasteiger partial charge >= 0.3 is 159 Å². The van der Waals surface area contributed by atoms with Gasteiger partial charge in [0.25, 0.3) is 0 Å². The van der Waals surface area contributed by atoms with Gasteiger partial charge in [0.2, 0.25) is 0 Å². The molecule has 0 amide bonds. The number of esters is 1. The zero-order chi connectivity index (χ0) is 24.8. The van der Waals surface area contributed by atoms with Crippen LogP contribution in [0.4, 0.5) is 0 Å². The van der Waals surface area contributed by atoms with Gasteiger partial charge < -0.3 is 11.5 Å². The number of rotatable bonds is 4. The molecular weight excluding hydrogens is 451 g/mol. The summed E-state index contributed by atoms with van der Waals surface area (Å²) < 4.78 is 5.64. The molecule has 2 N–H and O–H groups in total. The summed E-state index contributed by atoms with van der Waals surface area (Å²) in [5.74, 6) is 0.301. The van der Waals surface area contributed by atoms with Crippen molar-refractivity contribution < 1.29 is 25.1 Å². The van der Waals surface area contributed by atoms with E-state index in [2.05, 4.69) is 74.5 Å². The number of nitrogens with one attached hydrogen (secondary N) is 2. The SMILES string of the molecule is CC(=O)Oc1c([CH]=[Mn])cc(C(C)(C)C)cc1C(C)(C)c1ccccc1.[NH-]C1CCCCC1[NH-]. The smallest absolute Gasteiger partial charge is 0.0548 e. The maximum atomic E-state index is 11.7. The maximum Gasteiger partial charge on any atom is -0.0548 e. The summed E-state index contributed by atoms with van der Waals surface area (Å²) in [5.41, 5.74) is 18.5. The number of carbonyl (C=O) groups excluding carboxylic acids is 1. The molecule has 2 unspecified atom stereocenters. The quantitative estimate of drug-likeness (QED) is 0.256. The summed E-state index contributed by atoms with van der Waals surface area (Å²) >= 11 is 3.44. The first kappa shape index (κ1) is 27.5. The summed E-state index contributed by atoms with van der Waals surface area (Å²) in [7, 11) is 0. The Morgan fingerprint density at radius 1 is 0.970 bits per heavy atom. The van der Waals surface area contributed by atoms with Gasteiger partial charge in [-0.3, -0.25) is 0 Å². The third-order valence-corrected chi connectivity index (χ3v) is 6.65. The molecule has 0 saturated heterocycles. The molecule has 1 fully saturated rings. The first-order chi connectivity index (χ1) is 15.4. The second-order valence-electron chi connectivity index (χ2n) is 10.4. The summed E-state index contributed by atoms with van der Waals surface area (Å²) in [5, 5.41) is 0. The molecule has 2 aromatic carbocycles. The Hall–Kier alpha value is -1.78. The van der Waals surface area contributed by atoms with Crippen molar-refractivity contribution in [3.63, 3.8) is 0 Å². The topological polar surface area (TPSA) is 73.9 Å². The second-order valence-corrected chi connectivity index (χ2v) is 10.7. The van der Waals surface area contributed by atoms with Crippen LogP contribution < -0.4 is 4.74 Å². The Kier molecular flexibility index (Phi) is 9.63. The van der Waals surface area contributed by atoms with Gasteiger partial charge in [0.15, 0.2) is 0 Å². The van der Waals surface area contributed by atoms with Gasteiger partial charge in [-0.15, -0.1) is 0 Å². The third kappa shape index (κ3) is 7.35. The van der Waals surface area contributed by atoms with E-state index in [-0.39, 0.29) is 28.9 Å². The Bertz CT molecular complexity index is 938. The molecule has 1 saturated carbocycles. The van der Waals surface area contributed by atoms with E-state index in [1.807, 2.05) is 23.1 Å². The molecule has 4 nitrogen and oxygen atoms in total. The Morgan fingerprint density at radius 3 is 1.94 bits per heavy atom. The minimum Gasteiger partial charge on any atom is -0.676 e. The van der Waals surface area contributed by atoms with Gasteiger partial charge in [-0.1, -0.05) is 25.7 Å². The molecule has 2 atom stereocenters. The summed E-state index contributed by atoms with van der Waals surface area (Å²) in [6.45, 7) is 12.3. The normalized spacial score (nSPS) is 18.7. The second kappa shape index (κ2) is 11.6. The number of ether oxygens (including phenoxy) is 1. The van der Waals surface area contributed by atoms with Crippen molar-refractivity contribution in [2.75, 3.05) is 0 Å². The molecule has 1 aliphatic rings. The van der Waals surface area contributed by atoms with E-state index < -0.39 is 0 Å². The van der Waals surface area contributed by atoms with Crippen LogP contribution in [-0.4, -0.2) is 23.0 Å². The van der Waals surface area contributed by atoms with Crippen molar-refractivity contribution in [1.82, 2.24) is 0 Å². The Morgan fingerprint density at radius 2 is 1.52 bits per heavy atom. The molecule has 2 aromatic rings. The predicted octanol–water partition coefficient (Wildman–Crippen LogP) is 7.33. The summed E-state index contributed by atoms with van der Waals surface area (Å²) in [6, 6.07) is 14.4. The fraction of sp³-hybridized carbons (Fsp3) is 0.500. The number of hydrogen-bond donors (Lipinski definition) is 0. The first-order valence-electron chi connectivity index (χ1n) is 11.7. The molecule has 0 aromatic heterocycles. The molecular formula is C28H38MnN2O2-2. The van der Waals surface area contributed by atoms with Crippen molar-refractivity contribution in [2.24, 2.45) is 0 Å². The van der Waals surface area contributed by atoms with Crippen LogP contribution in [0.2, 0.25) is 0 Å². The molecule has 0 heterocycles.